The molecule has 1 aliphatic rings. The summed E-state index contributed by atoms with van der Waals surface area (Å²) in [4.78, 5) is 1.34. The van der Waals surface area contributed by atoms with E-state index >= 15 is 0 Å². The SMILES string of the molecule is CN1CC[C@@H](Oc2cc(NS(=O)(=O)c3cc(Cl)c(F)cc3F)ccc2Cl)C1. The predicted octanol–water partition coefficient (Wildman–Crippen LogP) is 4.16. The van der Waals surface area contributed by atoms with Gasteiger partial charge in [0.25, 0.3) is 10.0 Å². The number of halogens is 4. The molecule has 1 saturated heterocycles. The van der Waals surface area contributed by atoms with Gasteiger partial charge in [-0.1, -0.05) is 23.2 Å². The number of sulfonamides is 1. The maximum absolute atomic E-state index is 13.9. The number of ether oxygens (including phenoxy) is 1. The standard InChI is InChI=1S/C17H16Cl2F2N2O3S/c1-23-5-4-11(9-23)26-16-6-10(2-3-12(16)18)22-27(24,25)17-7-13(19)14(20)8-15(17)21/h2-3,6-8,11,22H,4-5,9H2,1H3/t11-/m1/s1. The van der Waals surface area contributed by atoms with Gasteiger partial charge in [0, 0.05) is 25.2 Å². The highest BCUT2D eigenvalue weighted by molar-refractivity contribution is 7.92. The lowest BCUT2D eigenvalue weighted by Crippen LogP contribution is -2.21. The summed E-state index contributed by atoms with van der Waals surface area (Å²) in [5, 5.41) is -0.175. The van der Waals surface area contributed by atoms with Gasteiger partial charge in [0.05, 0.1) is 15.7 Å². The third kappa shape index (κ3) is 4.63. The zero-order valence-electron chi connectivity index (χ0n) is 14.2. The molecular formula is C17H16Cl2F2N2O3S. The van der Waals surface area contributed by atoms with Gasteiger partial charge >= 0.3 is 0 Å². The van der Waals surface area contributed by atoms with Gasteiger partial charge in [-0.15, -0.1) is 0 Å². The second-order valence-corrected chi connectivity index (χ2v) is 8.70. The Morgan fingerprint density at radius 1 is 1.15 bits per heavy atom. The van der Waals surface area contributed by atoms with Crippen LogP contribution in [0.25, 0.3) is 0 Å². The largest absolute Gasteiger partial charge is 0.487 e. The highest BCUT2D eigenvalue weighted by atomic mass is 35.5. The Labute approximate surface area is 165 Å². The van der Waals surface area contributed by atoms with Gasteiger partial charge in [0.2, 0.25) is 0 Å². The Hall–Kier alpha value is -1.61. The molecule has 10 heteroatoms. The van der Waals surface area contributed by atoms with Gasteiger partial charge in [-0.3, -0.25) is 4.72 Å². The molecule has 27 heavy (non-hydrogen) atoms. The molecule has 0 unspecified atom stereocenters. The topological polar surface area (TPSA) is 58.6 Å². The predicted molar refractivity (Wildman–Crippen MR) is 100 cm³/mol. The molecule has 0 spiro atoms. The molecule has 1 aliphatic heterocycles. The lowest BCUT2D eigenvalue weighted by atomic mass is 10.3. The zero-order valence-corrected chi connectivity index (χ0v) is 16.5. The quantitative estimate of drug-likeness (QED) is 0.714. The molecule has 0 aliphatic carbocycles. The first kappa shape index (κ1) is 20.1. The second-order valence-electron chi connectivity index (χ2n) is 6.24. The van der Waals surface area contributed by atoms with Gasteiger partial charge in [0.1, 0.15) is 28.4 Å². The third-order valence-electron chi connectivity index (χ3n) is 4.09. The lowest BCUT2D eigenvalue weighted by Gasteiger charge is -2.16. The van der Waals surface area contributed by atoms with Crippen molar-refractivity contribution in [3.63, 3.8) is 0 Å². The molecule has 2 aromatic carbocycles. The highest BCUT2D eigenvalue weighted by Crippen LogP contribution is 2.32. The maximum atomic E-state index is 13.9. The van der Waals surface area contributed by atoms with Gasteiger partial charge in [-0.05, 0) is 31.7 Å². The molecule has 0 amide bonds. The van der Waals surface area contributed by atoms with Crippen LogP contribution in [0.2, 0.25) is 10.0 Å². The van der Waals surface area contributed by atoms with Crippen LogP contribution in [0.5, 0.6) is 5.75 Å². The average molecular weight is 437 g/mol. The molecule has 0 bridgehead atoms. The van der Waals surface area contributed by atoms with Crippen molar-refractivity contribution in [3.8, 4) is 5.75 Å². The summed E-state index contributed by atoms with van der Waals surface area (Å²) in [5.41, 5.74) is 0.126. The number of benzene rings is 2. The Morgan fingerprint density at radius 2 is 1.89 bits per heavy atom. The van der Waals surface area contributed by atoms with Crippen molar-refractivity contribution < 1.29 is 21.9 Å². The molecular weight excluding hydrogens is 421 g/mol. The molecule has 1 atom stereocenters. The van der Waals surface area contributed by atoms with E-state index in [1.54, 1.807) is 0 Å². The van der Waals surface area contributed by atoms with Gasteiger partial charge in [-0.2, -0.15) is 0 Å². The minimum atomic E-state index is -4.33. The summed E-state index contributed by atoms with van der Waals surface area (Å²) < 4.78 is 60.2. The minimum absolute atomic E-state index is 0.0623. The number of hydrogen-bond donors (Lipinski definition) is 1. The summed E-state index contributed by atoms with van der Waals surface area (Å²) >= 11 is 11.7. The summed E-state index contributed by atoms with van der Waals surface area (Å²) in [6.45, 7) is 1.62. The van der Waals surface area contributed by atoms with Crippen LogP contribution < -0.4 is 9.46 Å². The molecule has 1 fully saturated rings. The van der Waals surface area contributed by atoms with Crippen molar-refractivity contribution in [2.45, 2.75) is 17.4 Å². The van der Waals surface area contributed by atoms with Crippen LogP contribution in [-0.4, -0.2) is 39.6 Å². The molecule has 1 heterocycles. The van der Waals surface area contributed by atoms with Gasteiger partial charge in [0.15, 0.2) is 0 Å². The molecule has 0 saturated carbocycles. The Balaban J connectivity index is 1.85. The molecule has 3 rings (SSSR count). The summed E-state index contributed by atoms with van der Waals surface area (Å²) in [7, 11) is -2.36. The van der Waals surface area contributed by atoms with E-state index in [-0.39, 0.29) is 11.8 Å². The Morgan fingerprint density at radius 3 is 2.56 bits per heavy atom. The van der Waals surface area contributed by atoms with E-state index in [2.05, 4.69) is 9.62 Å². The minimum Gasteiger partial charge on any atom is -0.487 e. The number of nitrogens with zero attached hydrogens (tertiary/aromatic N) is 1. The van der Waals surface area contributed by atoms with E-state index in [0.717, 1.165) is 25.6 Å². The van der Waals surface area contributed by atoms with Crippen LogP contribution in [0.3, 0.4) is 0 Å². The van der Waals surface area contributed by atoms with E-state index in [4.69, 9.17) is 27.9 Å². The Bertz CT molecular complexity index is 973. The van der Waals surface area contributed by atoms with Crippen LogP contribution in [0, 0.1) is 11.6 Å². The van der Waals surface area contributed by atoms with Crippen molar-refractivity contribution in [2.24, 2.45) is 0 Å². The first-order valence-corrected chi connectivity index (χ1v) is 10.2. The summed E-state index contributed by atoms with van der Waals surface area (Å²) in [6.07, 6.45) is 0.759. The highest BCUT2D eigenvalue weighted by Gasteiger charge is 2.24. The molecule has 1 N–H and O–H groups in total. The lowest BCUT2D eigenvalue weighted by molar-refractivity contribution is 0.208. The van der Waals surface area contributed by atoms with Gasteiger partial charge < -0.3 is 9.64 Å². The van der Waals surface area contributed by atoms with Crippen LogP contribution >= 0.6 is 23.2 Å². The molecule has 2 aromatic rings. The smallest absolute Gasteiger partial charge is 0.264 e. The Kier molecular flexibility index (Phi) is 5.81. The maximum Gasteiger partial charge on any atom is 0.264 e. The van der Waals surface area contributed by atoms with Gasteiger partial charge in [-0.25, -0.2) is 17.2 Å². The molecule has 0 aromatic heterocycles. The number of rotatable bonds is 5. The normalized spacial score (nSPS) is 17.9. The molecule has 146 valence electrons. The second kappa shape index (κ2) is 7.79. The zero-order chi connectivity index (χ0) is 19.8. The third-order valence-corrected chi connectivity index (χ3v) is 6.09. The number of hydrogen-bond acceptors (Lipinski definition) is 4. The first-order chi connectivity index (χ1) is 12.7. The number of nitrogens with one attached hydrogen (secondary N) is 1. The summed E-state index contributed by atoms with van der Waals surface area (Å²) in [6, 6.07) is 5.44. The molecule has 0 radical (unpaired) electrons. The van der Waals surface area contributed by atoms with Crippen molar-refractivity contribution in [2.75, 3.05) is 24.9 Å². The fourth-order valence-electron chi connectivity index (χ4n) is 2.75. The van der Waals surface area contributed by atoms with E-state index < -0.39 is 31.6 Å². The first-order valence-electron chi connectivity index (χ1n) is 7.98. The van der Waals surface area contributed by atoms with Crippen LogP contribution in [0.15, 0.2) is 35.2 Å². The number of likely N-dealkylation sites (tertiary alicyclic amines) is 1. The number of likely N-dealkylation sites (N-methyl/N-ethyl adjacent to an activating group) is 1. The van der Waals surface area contributed by atoms with Crippen molar-refractivity contribution in [3.05, 3.63) is 52.0 Å². The number of anilines is 1. The fraction of sp³-hybridized carbons (Fsp3) is 0.294. The van der Waals surface area contributed by atoms with E-state index in [0.29, 0.717) is 16.8 Å². The fourth-order valence-corrected chi connectivity index (χ4v) is 4.27. The summed E-state index contributed by atoms with van der Waals surface area (Å²) in [5.74, 6) is -1.98. The van der Waals surface area contributed by atoms with E-state index in [9.17, 15) is 17.2 Å². The van der Waals surface area contributed by atoms with E-state index in [1.807, 2.05) is 7.05 Å². The van der Waals surface area contributed by atoms with Crippen LogP contribution in [-0.2, 0) is 10.0 Å². The van der Waals surface area contributed by atoms with Crippen molar-refractivity contribution in [1.29, 1.82) is 0 Å². The monoisotopic (exact) mass is 436 g/mol. The van der Waals surface area contributed by atoms with E-state index in [1.165, 1.54) is 18.2 Å². The van der Waals surface area contributed by atoms with Crippen molar-refractivity contribution in [1.82, 2.24) is 4.90 Å². The van der Waals surface area contributed by atoms with Crippen LogP contribution in [0.1, 0.15) is 6.42 Å². The molecule has 5 nitrogen and oxygen atoms in total. The average Bonchev–Trinajstić information content (AvgIpc) is 2.98. The van der Waals surface area contributed by atoms with Crippen molar-refractivity contribution >= 4 is 38.9 Å². The van der Waals surface area contributed by atoms with Crippen LogP contribution in [0.4, 0.5) is 14.5 Å².